The molecule has 0 fully saturated rings. The van der Waals surface area contributed by atoms with Crippen LogP contribution >= 0.6 is 0 Å². The summed E-state index contributed by atoms with van der Waals surface area (Å²) in [6.07, 6.45) is -0.932. The van der Waals surface area contributed by atoms with Crippen LogP contribution in [0.25, 0.3) is 0 Å². The Morgan fingerprint density at radius 3 is 2.38 bits per heavy atom. The van der Waals surface area contributed by atoms with E-state index in [1.54, 1.807) is 0 Å². The van der Waals surface area contributed by atoms with Gasteiger partial charge < -0.3 is 13.7 Å². The van der Waals surface area contributed by atoms with Crippen LogP contribution in [0, 0.1) is 0 Å². The highest BCUT2D eigenvalue weighted by atomic mass is 32.2. The molecule has 138 valence electrons. The molecule has 1 atom stereocenters. The van der Waals surface area contributed by atoms with E-state index in [1.165, 1.54) is 19.2 Å². The molecule has 0 bridgehead atoms. The summed E-state index contributed by atoms with van der Waals surface area (Å²) >= 11 is 0. The van der Waals surface area contributed by atoms with Gasteiger partial charge in [0, 0.05) is 27.9 Å². The standard InChI is InChI=1S/C13H20F3NO5SSi/c1-20-12(21-8-9-24(2,3)4)10-6-5-7-11(17-10)22-23(18,19)13(14,15)16/h5-7,12H,8-9H2,1-4H3. The summed E-state index contributed by atoms with van der Waals surface area (Å²) in [5.74, 6) is -0.708. The summed E-state index contributed by atoms with van der Waals surface area (Å²) in [6.45, 7) is 6.87. The topological polar surface area (TPSA) is 74.7 Å². The lowest BCUT2D eigenvalue weighted by Crippen LogP contribution is -2.28. The molecular formula is C13H20F3NO5SSi. The first-order chi connectivity index (χ1) is 10.9. The Kier molecular flexibility index (Phi) is 6.79. The van der Waals surface area contributed by atoms with Crippen LogP contribution in [0.3, 0.4) is 0 Å². The molecule has 0 spiro atoms. The van der Waals surface area contributed by atoms with Crippen molar-refractivity contribution in [3.63, 3.8) is 0 Å². The number of nitrogens with zero attached hydrogens (tertiary/aromatic N) is 1. The van der Waals surface area contributed by atoms with Gasteiger partial charge in [0.1, 0.15) is 5.69 Å². The summed E-state index contributed by atoms with van der Waals surface area (Å²) in [7, 11) is -5.76. The third kappa shape index (κ3) is 6.38. The Morgan fingerprint density at radius 2 is 1.88 bits per heavy atom. The van der Waals surface area contributed by atoms with Crippen LogP contribution in [-0.4, -0.2) is 40.7 Å². The first-order valence-electron chi connectivity index (χ1n) is 6.98. The van der Waals surface area contributed by atoms with Crippen LogP contribution in [0.15, 0.2) is 18.2 Å². The van der Waals surface area contributed by atoms with Gasteiger partial charge in [0.25, 0.3) is 0 Å². The Morgan fingerprint density at radius 1 is 1.25 bits per heavy atom. The lowest BCUT2D eigenvalue weighted by molar-refractivity contribution is -0.126. The smallest absolute Gasteiger partial charge is 0.355 e. The molecule has 6 nitrogen and oxygen atoms in total. The Hall–Kier alpha value is -1.17. The second kappa shape index (κ2) is 7.81. The molecular weight excluding hydrogens is 367 g/mol. The number of aromatic nitrogens is 1. The molecule has 0 aliphatic rings. The molecule has 0 saturated heterocycles. The van der Waals surface area contributed by atoms with Crippen molar-refractivity contribution >= 4 is 18.2 Å². The summed E-state index contributed by atoms with van der Waals surface area (Å²) in [6, 6.07) is 4.60. The first-order valence-corrected chi connectivity index (χ1v) is 12.1. The first kappa shape index (κ1) is 20.9. The van der Waals surface area contributed by atoms with Crippen LogP contribution in [0.5, 0.6) is 5.88 Å². The summed E-state index contributed by atoms with van der Waals surface area (Å²) in [5, 5.41) is 0. The third-order valence-corrected chi connectivity index (χ3v) is 5.46. The van der Waals surface area contributed by atoms with E-state index in [-0.39, 0.29) is 5.69 Å². The number of hydrogen-bond acceptors (Lipinski definition) is 6. The molecule has 0 amide bonds. The molecule has 0 aromatic carbocycles. The van der Waals surface area contributed by atoms with Crippen molar-refractivity contribution in [2.24, 2.45) is 0 Å². The molecule has 1 rings (SSSR count). The SMILES string of the molecule is COC(OCC[Si](C)(C)C)c1cccc(OS(=O)(=O)C(F)(F)F)n1. The van der Waals surface area contributed by atoms with E-state index in [0.29, 0.717) is 6.61 Å². The predicted octanol–water partition coefficient (Wildman–Crippen LogP) is 3.31. The normalized spacial score (nSPS) is 14.5. The predicted molar refractivity (Wildman–Crippen MR) is 83.7 cm³/mol. The van der Waals surface area contributed by atoms with E-state index in [9.17, 15) is 21.6 Å². The highest BCUT2D eigenvalue weighted by molar-refractivity contribution is 7.87. The number of pyridine rings is 1. The average Bonchev–Trinajstić information content (AvgIpc) is 2.41. The van der Waals surface area contributed by atoms with Crippen LogP contribution in [0.1, 0.15) is 12.0 Å². The highest BCUT2D eigenvalue weighted by Crippen LogP contribution is 2.27. The van der Waals surface area contributed by atoms with Crippen molar-refractivity contribution < 1.29 is 35.2 Å². The minimum Gasteiger partial charge on any atom is -0.355 e. The van der Waals surface area contributed by atoms with Gasteiger partial charge >= 0.3 is 15.6 Å². The monoisotopic (exact) mass is 387 g/mol. The number of methoxy groups -OCH3 is 1. The van der Waals surface area contributed by atoms with Crippen molar-refractivity contribution in [1.82, 2.24) is 4.98 Å². The van der Waals surface area contributed by atoms with E-state index in [1.807, 2.05) is 0 Å². The van der Waals surface area contributed by atoms with Crippen molar-refractivity contribution in [1.29, 1.82) is 0 Å². The summed E-state index contributed by atoms with van der Waals surface area (Å²) < 4.78 is 73.7. The van der Waals surface area contributed by atoms with Crippen molar-refractivity contribution in [3.8, 4) is 5.88 Å². The Labute approximate surface area is 140 Å². The van der Waals surface area contributed by atoms with E-state index >= 15 is 0 Å². The van der Waals surface area contributed by atoms with Crippen LogP contribution in [0.4, 0.5) is 13.2 Å². The maximum absolute atomic E-state index is 12.3. The lowest BCUT2D eigenvalue weighted by atomic mass is 10.3. The number of alkyl halides is 3. The zero-order valence-electron chi connectivity index (χ0n) is 13.8. The molecule has 1 heterocycles. The van der Waals surface area contributed by atoms with Gasteiger partial charge in [0.05, 0.1) is 0 Å². The number of rotatable bonds is 8. The third-order valence-electron chi connectivity index (χ3n) is 2.80. The largest absolute Gasteiger partial charge is 0.534 e. The molecule has 0 radical (unpaired) electrons. The van der Waals surface area contributed by atoms with Gasteiger partial charge in [-0.05, 0) is 12.1 Å². The van der Waals surface area contributed by atoms with E-state index in [2.05, 4.69) is 28.8 Å². The van der Waals surface area contributed by atoms with Crippen LogP contribution < -0.4 is 4.18 Å². The molecule has 0 aliphatic carbocycles. The second-order valence-corrected chi connectivity index (χ2v) is 13.3. The van der Waals surface area contributed by atoms with Gasteiger partial charge in [-0.15, -0.1) is 0 Å². The van der Waals surface area contributed by atoms with Gasteiger partial charge in [-0.1, -0.05) is 25.7 Å². The second-order valence-electron chi connectivity index (χ2n) is 6.13. The minimum atomic E-state index is -5.77. The summed E-state index contributed by atoms with van der Waals surface area (Å²) in [4.78, 5) is 3.72. The molecule has 0 saturated carbocycles. The van der Waals surface area contributed by atoms with Gasteiger partial charge in [-0.3, -0.25) is 0 Å². The van der Waals surface area contributed by atoms with Gasteiger partial charge in [-0.25, -0.2) is 4.98 Å². The molecule has 1 aromatic heterocycles. The molecule has 11 heteroatoms. The van der Waals surface area contributed by atoms with E-state index in [4.69, 9.17) is 9.47 Å². The molecule has 0 N–H and O–H groups in total. The number of halogens is 3. The van der Waals surface area contributed by atoms with Gasteiger partial charge in [-0.2, -0.15) is 21.6 Å². The Bertz CT molecular complexity index is 646. The van der Waals surface area contributed by atoms with Crippen molar-refractivity contribution in [2.75, 3.05) is 13.7 Å². The number of hydrogen-bond donors (Lipinski definition) is 0. The molecule has 1 unspecified atom stereocenters. The quantitative estimate of drug-likeness (QED) is 0.295. The number of ether oxygens (including phenoxy) is 2. The van der Waals surface area contributed by atoms with Crippen LogP contribution in [0.2, 0.25) is 25.7 Å². The zero-order valence-corrected chi connectivity index (χ0v) is 15.6. The maximum Gasteiger partial charge on any atom is 0.534 e. The maximum atomic E-state index is 12.3. The summed E-state index contributed by atoms with van der Waals surface area (Å²) in [5.41, 5.74) is -5.41. The van der Waals surface area contributed by atoms with Crippen molar-refractivity contribution in [2.45, 2.75) is 37.5 Å². The van der Waals surface area contributed by atoms with Crippen molar-refractivity contribution in [3.05, 3.63) is 23.9 Å². The molecule has 1 aromatic rings. The van der Waals surface area contributed by atoms with Gasteiger partial charge in [0.2, 0.25) is 12.2 Å². The fourth-order valence-corrected chi connectivity index (χ4v) is 2.66. The zero-order chi connectivity index (χ0) is 18.6. The van der Waals surface area contributed by atoms with Gasteiger partial charge in [0.15, 0.2) is 0 Å². The average molecular weight is 387 g/mol. The highest BCUT2D eigenvalue weighted by Gasteiger charge is 2.48. The van der Waals surface area contributed by atoms with E-state index < -0.39 is 35.9 Å². The Balaban J connectivity index is 2.86. The minimum absolute atomic E-state index is 0.114. The van der Waals surface area contributed by atoms with E-state index in [0.717, 1.165) is 12.1 Å². The molecule has 0 aliphatic heterocycles. The fourth-order valence-electron chi connectivity index (χ4n) is 1.51. The fraction of sp³-hybridized carbons (Fsp3) is 0.615. The molecule has 24 heavy (non-hydrogen) atoms. The lowest BCUT2D eigenvalue weighted by Gasteiger charge is -2.20. The van der Waals surface area contributed by atoms with Crippen LogP contribution in [-0.2, 0) is 19.6 Å².